The number of amides is 1. The molecule has 1 aromatic carbocycles. The number of benzene rings is 1. The van der Waals surface area contributed by atoms with Crippen molar-refractivity contribution < 1.29 is 18.0 Å². The first-order valence-corrected chi connectivity index (χ1v) is 12.7. The largest absolute Gasteiger partial charge is 0.435 e. The molecule has 0 radical (unpaired) electrons. The van der Waals surface area contributed by atoms with Crippen LogP contribution in [0.4, 0.5) is 18.9 Å². The first-order chi connectivity index (χ1) is 16.5. The zero-order chi connectivity index (χ0) is 25.0. The number of fused-ring (bicyclic) bond motifs is 1. The average Bonchev–Trinajstić information content (AvgIpc) is 3.51. The van der Waals surface area contributed by atoms with Gasteiger partial charge in [-0.15, -0.1) is 0 Å². The van der Waals surface area contributed by atoms with E-state index in [-0.39, 0.29) is 23.1 Å². The highest BCUT2D eigenvalue weighted by molar-refractivity contribution is 5.99. The molecule has 9 heteroatoms. The number of nitrogens with zero attached hydrogens (tertiary/aromatic N) is 2. The van der Waals surface area contributed by atoms with E-state index in [2.05, 4.69) is 29.6 Å². The molecule has 1 aromatic heterocycles. The number of rotatable bonds is 6. The summed E-state index contributed by atoms with van der Waals surface area (Å²) in [4.78, 5) is 12.2. The van der Waals surface area contributed by atoms with Gasteiger partial charge in [-0.3, -0.25) is 4.79 Å². The average molecular weight is 490 g/mol. The molecule has 2 saturated carbocycles. The van der Waals surface area contributed by atoms with Crippen LogP contribution in [-0.4, -0.2) is 33.8 Å². The predicted molar refractivity (Wildman–Crippen MR) is 129 cm³/mol. The summed E-state index contributed by atoms with van der Waals surface area (Å²) >= 11 is 0. The number of aromatic nitrogens is 2. The summed E-state index contributed by atoms with van der Waals surface area (Å²) in [5.74, 6) is -0.568. The molecule has 0 bridgehead atoms. The molecule has 3 aliphatic carbocycles. The lowest BCUT2D eigenvalue weighted by Gasteiger charge is -2.34. The molecule has 0 aliphatic heterocycles. The number of carbonyl (C=O) groups is 1. The Morgan fingerprint density at radius 3 is 2.51 bits per heavy atom. The number of hydrogen-bond acceptors (Lipinski definition) is 4. The van der Waals surface area contributed by atoms with Gasteiger partial charge in [-0.05, 0) is 68.6 Å². The van der Waals surface area contributed by atoms with Crippen LogP contribution in [0.3, 0.4) is 0 Å². The van der Waals surface area contributed by atoms with Gasteiger partial charge in [-0.1, -0.05) is 26.7 Å². The van der Waals surface area contributed by atoms with Crippen molar-refractivity contribution in [2.45, 2.75) is 95.9 Å². The first kappa shape index (κ1) is 24.2. The van der Waals surface area contributed by atoms with Crippen molar-refractivity contribution in [3.05, 3.63) is 40.7 Å². The lowest BCUT2D eigenvalue weighted by atomic mass is 9.76. The van der Waals surface area contributed by atoms with Gasteiger partial charge >= 0.3 is 6.18 Å². The van der Waals surface area contributed by atoms with Crippen LogP contribution in [-0.2, 0) is 19.0 Å². The van der Waals surface area contributed by atoms with Gasteiger partial charge in [0.15, 0.2) is 5.69 Å². The minimum atomic E-state index is -4.52. The standard InChI is InChI=1S/C26H34F3N5O/c1-25(2)12-11-18-22(14-25)34(33-23(18)26(27,28)29)16-9-10-17(24(30)35)21(13-16)32-20-6-4-3-5-19(20)31-15-7-8-15/h9-10,13,15,19-20,31-32H,3-8,11-12,14H2,1-2H3,(H2,30,35)/t19-,20-/m0/s1. The Balaban J connectivity index is 1.53. The molecule has 5 rings (SSSR count). The predicted octanol–water partition coefficient (Wildman–Crippen LogP) is 4.98. The molecule has 3 aliphatic rings. The van der Waals surface area contributed by atoms with E-state index in [1.807, 2.05) is 0 Å². The smallest absolute Gasteiger partial charge is 0.380 e. The lowest BCUT2D eigenvalue weighted by molar-refractivity contribution is -0.142. The van der Waals surface area contributed by atoms with Crippen molar-refractivity contribution in [3.8, 4) is 5.69 Å². The van der Waals surface area contributed by atoms with Crippen LogP contribution in [0, 0.1) is 5.41 Å². The summed E-state index contributed by atoms with van der Waals surface area (Å²) in [5.41, 5.74) is 7.02. The van der Waals surface area contributed by atoms with E-state index in [0.717, 1.165) is 25.7 Å². The van der Waals surface area contributed by atoms with Gasteiger partial charge in [0.05, 0.1) is 11.3 Å². The Labute approximate surface area is 203 Å². The lowest BCUT2D eigenvalue weighted by Crippen LogP contribution is -2.47. The van der Waals surface area contributed by atoms with E-state index in [4.69, 9.17) is 5.73 Å². The Morgan fingerprint density at radius 1 is 1.14 bits per heavy atom. The number of carbonyl (C=O) groups excluding carboxylic acids is 1. The monoisotopic (exact) mass is 489 g/mol. The molecule has 35 heavy (non-hydrogen) atoms. The maximum absolute atomic E-state index is 13.9. The van der Waals surface area contributed by atoms with Gasteiger partial charge < -0.3 is 16.4 Å². The second-order valence-corrected chi connectivity index (χ2v) is 11.2. The summed E-state index contributed by atoms with van der Waals surface area (Å²) in [7, 11) is 0. The van der Waals surface area contributed by atoms with Crippen molar-refractivity contribution in [3.63, 3.8) is 0 Å². The minimum Gasteiger partial charge on any atom is -0.380 e. The normalized spacial score (nSPS) is 24.1. The zero-order valence-electron chi connectivity index (χ0n) is 20.3. The topological polar surface area (TPSA) is 85.0 Å². The summed E-state index contributed by atoms with van der Waals surface area (Å²) in [5, 5.41) is 11.3. The zero-order valence-corrected chi connectivity index (χ0v) is 20.3. The molecular formula is C26H34F3N5O. The highest BCUT2D eigenvalue weighted by Crippen LogP contribution is 2.42. The number of anilines is 1. The molecular weight excluding hydrogens is 455 g/mol. The number of nitrogens with one attached hydrogen (secondary N) is 2. The summed E-state index contributed by atoms with van der Waals surface area (Å²) in [6.45, 7) is 4.14. The van der Waals surface area contributed by atoms with Gasteiger partial charge in [0.2, 0.25) is 0 Å². The summed E-state index contributed by atoms with van der Waals surface area (Å²) in [6.07, 6.45) is 3.63. The molecule has 6 nitrogen and oxygen atoms in total. The Bertz CT molecular complexity index is 1120. The van der Waals surface area contributed by atoms with E-state index >= 15 is 0 Å². The molecule has 0 spiro atoms. The fourth-order valence-corrected chi connectivity index (χ4v) is 5.63. The van der Waals surface area contributed by atoms with Crippen LogP contribution in [0.25, 0.3) is 5.69 Å². The second-order valence-electron chi connectivity index (χ2n) is 11.2. The molecule has 2 fully saturated rings. The maximum atomic E-state index is 13.9. The third-order valence-electron chi connectivity index (χ3n) is 7.70. The molecule has 1 heterocycles. The SMILES string of the molecule is CC1(C)CCc2c(C(F)(F)F)nn(-c3ccc(C(N)=O)c(N[C@H]4CCCC[C@@H]4NC4CC4)c3)c2C1. The van der Waals surface area contributed by atoms with E-state index in [0.29, 0.717) is 47.9 Å². The third-order valence-corrected chi connectivity index (χ3v) is 7.70. The van der Waals surface area contributed by atoms with E-state index in [1.54, 1.807) is 18.2 Å². The Kier molecular flexibility index (Phi) is 6.10. The van der Waals surface area contributed by atoms with Gasteiger partial charge in [-0.2, -0.15) is 18.3 Å². The van der Waals surface area contributed by atoms with Crippen LogP contribution < -0.4 is 16.4 Å². The highest BCUT2D eigenvalue weighted by Gasteiger charge is 2.42. The molecule has 2 atom stereocenters. The quantitative estimate of drug-likeness (QED) is 0.534. The van der Waals surface area contributed by atoms with Crippen LogP contribution in [0.1, 0.15) is 86.1 Å². The van der Waals surface area contributed by atoms with Crippen molar-refractivity contribution in [1.29, 1.82) is 0 Å². The van der Waals surface area contributed by atoms with Crippen molar-refractivity contribution in [2.24, 2.45) is 11.1 Å². The summed E-state index contributed by atoms with van der Waals surface area (Å²) < 4.78 is 43.0. The van der Waals surface area contributed by atoms with Crippen LogP contribution in [0.2, 0.25) is 0 Å². The molecule has 1 amide bonds. The molecule has 0 saturated heterocycles. The fraction of sp³-hybridized carbons (Fsp3) is 0.615. The van der Waals surface area contributed by atoms with Crippen LogP contribution in [0.5, 0.6) is 0 Å². The molecule has 2 aromatic rings. The molecule has 190 valence electrons. The Hall–Kier alpha value is -2.55. The van der Waals surface area contributed by atoms with Gasteiger partial charge in [0.25, 0.3) is 5.91 Å². The molecule has 0 unspecified atom stereocenters. The van der Waals surface area contributed by atoms with Crippen molar-refractivity contribution in [2.75, 3.05) is 5.32 Å². The number of primary amides is 1. The van der Waals surface area contributed by atoms with Gasteiger partial charge in [-0.25, -0.2) is 4.68 Å². The first-order valence-electron chi connectivity index (χ1n) is 12.7. The molecule has 4 N–H and O–H groups in total. The van der Waals surface area contributed by atoms with Gasteiger partial charge in [0, 0.05) is 35.1 Å². The van der Waals surface area contributed by atoms with E-state index in [9.17, 15) is 18.0 Å². The Morgan fingerprint density at radius 2 is 1.86 bits per heavy atom. The number of alkyl halides is 3. The fourth-order valence-electron chi connectivity index (χ4n) is 5.63. The van der Waals surface area contributed by atoms with Gasteiger partial charge in [0.1, 0.15) is 0 Å². The van der Waals surface area contributed by atoms with E-state index in [1.165, 1.54) is 17.5 Å². The van der Waals surface area contributed by atoms with Crippen LogP contribution >= 0.6 is 0 Å². The number of hydrogen-bond donors (Lipinski definition) is 3. The van der Waals surface area contributed by atoms with Crippen LogP contribution in [0.15, 0.2) is 18.2 Å². The minimum absolute atomic E-state index is 0.119. The third kappa shape index (κ3) is 5.06. The maximum Gasteiger partial charge on any atom is 0.435 e. The van der Waals surface area contributed by atoms with Crippen molar-refractivity contribution >= 4 is 11.6 Å². The van der Waals surface area contributed by atoms with Crippen molar-refractivity contribution in [1.82, 2.24) is 15.1 Å². The second kappa shape index (κ2) is 8.84. The number of nitrogens with two attached hydrogens (primary N) is 1. The summed E-state index contributed by atoms with van der Waals surface area (Å²) in [6, 6.07) is 5.94. The number of halogens is 3. The highest BCUT2D eigenvalue weighted by atomic mass is 19.4. The van der Waals surface area contributed by atoms with E-state index < -0.39 is 17.8 Å².